The summed E-state index contributed by atoms with van der Waals surface area (Å²) in [5, 5.41) is 2.98. The van der Waals surface area contributed by atoms with Gasteiger partial charge in [0.1, 0.15) is 17.3 Å². The number of rotatable bonds is 5. The SMILES string of the molecule is COc1ccc(CCC(=O)NC2CCOc3ccc(F)cc32)cc1. The molecule has 0 spiro atoms. The number of nitrogens with one attached hydrogen (secondary N) is 1. The maximum Gasteiger partial charge on any atom is 0.220 e. The highest BCUT2D eigenvalue weighted by atomic mass is 19.1. The zero-order chi connectivity index (χ0) is 16.9. The minimum Gasteiger partial charge on any atom is -0.497 e. The molecule has 1 N–H and O–H groups in total. The van der Waals surface area contributed by atoms with Gasteiger partial charge in [0.05, 0.1) is 19.8 Å². The Morgan fingerprint density at radius 1 is 1.29 bits per heavy atom. The molecule has 1 aliphatic heterocycles. The summed E-state index contributed by atoms with van der Waals surface area (Å²) in [7, 11) is 1.62. The number of hydrogen-bond donors (Lipinski definition) is 1. The number of hydrogen-bond acceptors (Lipinski definition) is 3. The van der Waals surface area contributed by atoms with E-state index in [9.17, 15) is 9.18 Å². The molecule has 126 valence electrons. The average Bonchev–Trinajstić information content (AvgIpc) is 2.61. The van der Waals surface area contributed by atoms with Gasteiger partial charge in [0.15, 0.2) is 0 Å². The lowest BCUT2D eigenvalue weighted by molar-refractivity contribution is -0.122. The van der Waals surface area contributed by atoms with Crippen LogP contribution in [0.5, 0.6) is 11.5 Å². The van der Waals surface area contributed by atoms with Gasteiger partial charge in [-0.1, -0.05) is 12.1 Å². The molecule has 1 amide bonds. The van der Waals surface area contributed by atoms with E-state index in [1.54, 1.807) is 13.2 Å². The van der Waals surface area contributed by atoms with Crippen LogP contribution in [-0.2, 0) is 11.2 Å². The average molecular weight is 329 g/mol. The molecular formula is C19H20FNO3. The van der Waals surface area contributed by atoms with E-state index in [2.05, 4.69) is 5.32 Å². The lowest BCUT2D eigenvalue weighted by Crippen LogP contribution is -2.32. The number of ether oxygens (including phenoxy) is 2. The van der Waals surface area contributed by atoms with E-state index in [-0.39, 0.29) is 17.8 Å². The third-order valence-electron chi connectivity index (χ3n) is 4.15. The molecule has 1 aliphatic rings. The zero-order valence-electron chi connectivity index (χ0n) is 13.5. The van der Waals surface area contributed by atoms with Crippen LogP contribution in [0.4, 0.5) is 4.39 Å². The molecule has 1 unspecified atom stereocenters. The minimum atomic E-state index is -0.322. The van der Waals surface area contributed by atoms with Crippen molar-refractivity contribution in [2.24, 2.45) is 0 Å². The van der Waals surface area contributed by atoms with Crippen molar-refractivity contribution in [1.29, 1.82) is 0 Å². The van der Waals surface area contributed by atoms with Gasteiger partial charge >= 0.3 is 0 Å². The Morgan fingerprint density at radius 3 is 2.83 bits per heavy atom. The Bertz CT molecular complexity index is 715. The number of amides is 1. The number of carbonyl (C=O) groups excluding carboxylic acids is 1. The summed E-state index contributed by atoms with van der Waals surface area (Å²) in [5.41, 5.74) is 1.78. The number of fused-ring (bicyclic) bond motifs is 1. The van der Waals surface area contributed by atoms with Gasteiger partial charge in [-0.15, -0.1) is 0 Å². The summed E-state index contributed by atoms with van der Waals surface area (Å²) in [5.74, 6) is 1.07. The van der Waals surface area contributed by atoms with Gasteiger partial charge in [-0.3, -0.25) is 4.79 Å². The molecule has 1 heterocycles. The van der Waals surface area contributed by atoms with E-state index in [1.807, 2.05) is 24.3 Å². The normalized spacial score (nSPS) is 16.0. The quantitative estimate of drug-likeness (QED) is 0.914. The molecule has 24 heavy (non-hydrogen) atoms. The highest BCUT2D eigenvalue weighted by molar-refractivity contribution is 5.77. The molecule has 0 saturated carbocycles. The van der Waals surface area contributed by atoms with Crippen molar-refractivity contribution in [3.05, 3.63) is 59.4 Å². The summed E-state index contributed by atoms with van der Waals surface area (Å²) in [6, 6.07) is 11.9. The minimum absolute atomic E-state index is 0.0482. The predicted octanol–water partition coefficient (Wildman–Crippen LogP) is 3.41. The van der Waals surface area contributed by atoms with Gasteiger partial charge in [-0.2, -0.15) is 0 Å². The van der Waals surface area contributed by atoms with Crippen LogP contribution >= 0.6 is 0 Å². The molecule has 2 aromatic rings. The van der Waals surface area contributed by atoms with E-state index >= 15 is 0 Å². The molecule has 0 fully saturated rings. The van der Waals surface area contributed by atoms with Crippen molar-refractivity contribution in [1.82, 2.24) is 5.32 Å². The molecule has 0 radical (unpaired) electrons. The highest BCUT2D eigenvalue weighted by Gasteiger charge is 2.23. The second-order valence-electron chi connectivity index (χ2n) is 5.79. The van der Waals surface area contributed by atoms with Crippen molar-refractivity contribution < 1.29 is 18.7 Å². The predicted molar refractivity (Wildman–Crippen MR) is 88.7 cm³/mol. The summed E-state index contributed by atoms with van der Waals surface area (Å²) in [6.07, 6.45) is 1.67. The van der Waals surface area contributed by atoms with E-state index in [1.165, 1.54) is 12.1 Å². The largest absolute Gasteiger partial charge is 0.497 e. The van der Waals surface area contributed by atoms with Gasteiger partial charge in [-0.25, -0.2) is 4.39 Å². The van der Waals surface area contributed by atoms with Crippen molar-refractivity contribution >= 4 is 5.91 Å². The Balaban J connectivity index is 1.58. The third kappa shape index (κ3) is 3.85. The maximum absolute atomic E-state index is 13.5. The van der Waals surface area contributed by atoms with Gasteiger partial charge in [0.2, 0.25) is 5.91 Å². The molecule has 0 saturated heterocycles. The molecule has 4 nitrogen and oxygen atoms in total. The lowest BCUT2D eigenvalue weighted by Gasteiger charge is -2.26. The number of aryl methyl sites for hydroxylation is 1. The molecular weight excluding hydrogens is 309 g/mol. The van der Waals surface area contributed by atoms with Crippen LogP contribution in [0.2, 0.25) is 0 Å². The fourth-order valence-corrected chi connectivity index (χ4v) is 2.83. The highest BCUT2D eigenvalue weighted by Crippen LogP contribution is 2.32. The van der Waals surface area contributed by atoms with Crippen LogP contribution in [0.15, 0.2) is 42.5 Å². The van der Waals surface area contributed by atoms with Crippen molar-refractivity contribution in [2.45, 2.75) is 25.3 Å². The smallest absolute Gasteiger partial charge is 0.220 e. The molecule has 0 aliphatic carbocycles. The van der Waals surface area contributed by atoms with Gasteiger partial charge in [0.25, 0.3) is 0 Å². The van der Waals surface area contributed by atoms with Gasteiger partial charge in [-0.05, 0) is 42.3 Å². The first-order valence-electron chi connectivity index (χ1n) is 8.00. The topological polar surface area (TPSA) is 47.6 Å². The van der Waals surface area contributed by atoms with Gasteiger partial charge in [0, 0.05) is 18.4 Å². The Morgan fingerprint density at radius 2 is 2.08 bits per heavy atom. The lowest BCUT2D eigenvalue weighted by atomic mass is 10.00. The second-order valence-corrected chi connectivity index (χ2v) is 5.79. The van der Waals surface area contributed by atoms with Crippen LogP contribution in [0, 0.1) is 5.82 Å². The molecule has 5 heteroatoms. The zero-order valence-corrected chi connectivity index (χ0v) is 13.5. The summed E-state index contributed by atoms with van der Waals surface area (Å²) in [6.45, 7) is 0.516. The van der Waals surface area contributed by atoms with Crippen LogP contribution in [0.25, 0.3) is 0 Å². The van der Waals surface area contributed by atoms with Crippen LogP contribution < -0.4 is 14.8 Å². The van der Waals surface area contributed by atoms with Crippen LogP contribution in [-0.4, -0.2) is 19.6 Å². The summed E-state index contributed by atoms with van der Waals surface area (Å²) < 4.78 is 24.1. The van der Waals surface area contributed by atoms with E-state index in [0.29, 0.717) is 37.2 Å². The van der Waals surface area contributed by atoms with Crippen molar-refractivity contribution in [2.75, 3.05) is 13.7 Å². The van der Waals surface area contributed by atoms with E-state index < -0.39 is 0 Å². The Kier molecular flexibility index (Phi) is 4.99. The Hall–Kier alpha value is -2.56. The standard InChI is InChI=1S/C19H20FNO3/c1-23-15-6-2-13(3-7-15)4-9-19(22)21-17-10-11-24-18-8-5-14(20)12-16(17)18/h2-3,5-8,12,17H,4,9-11H2,1H3,(H,21,22). The molecule has 3 rings (SSSR count). The van der Waals surface area contributed by atoms with Crippen LogP contribution in [0.1, 0.15) is 30.0 Å². The molecule has 1 atom stereocenters. The molecule has 0 bridgehead atoms. The number of carbonyl (C=O) groups is 1. The summed E-state index contributed by atoms with van der Waals surface area (Å²) >= 11 is 0. The van der Waals surface area contributed by atoms with E-state index in [4.69, 9.17) is 9.47 Å². The van der Waals surface area contributed by atoms with Gasteiger partial charge < -0.3 is 14.8 Å². The third-order valence-corrected chi connectivity index (χ3v) is 4.15. The first kappa shape index (κ1) is 16.3. The maximum atomic E-state index is 13.5. The number of halogens is 1. The summed E-state index contributed by atoms with van der Waals surface area (Å²) in [4.78, 5) is 12.2. The fourth-order valence-electron chi connectivity index (χ4n) is 2.83. The first-order chi connectivity index (χ1) is 11.7. The Labute approximate surface area is 140 Å². The monoisotopic (exact) mass is 329 g/mol. The van der Waals surface area contributed by atoms with Crippen molar-refractivity contribution in [3.63, 3.8) is 0 Å². The second kappa shape index (κ2) is 7.34. The van der Waals surface area contributed by atoms with Crippen LogP contribution in [0.3, 0.4) is 0 Å². The van der Waals surface area contributed by atoms with E-state index in [0.717, 1.165) is 11.3 Å². The van der Waals surface area contributed by atoms with Crippen molar-refractivity contribution in [3.8, 4) is 11.5 Å². The molecule has 2 aromatic carbocycles. The number of benzene rings is 2. The number of methoxy groups -OCH3 is 1. The molecule has 0 aromatic heterocycles. The fraction of sp³-hybridized carbons (Fsp3) is 0.316. The first-order valence-corrected chi connectivity index (χ1v) is 8.00.